The standard InChI is InChI=1S/2C14H12N2.Cu.F6P/c2*1-9-3-5-11-7-8-12-6-4-10(2)16-14(12)13(11)15-9;;1-7(2,3,4,5)6/h2*3-8H,1-2H3;;/q;;+1;-1. The summed E-state index contributed by atoms with van der Waals surface area (Å²) in [5.41, 5.74) is 8.13. The molecule has 2 aromatic carbocycles. The second-order valence-electron chi connectivity index (χ2n) is 9.19. The van der Waals surface area contributed by atoms with Crippen molar-refractivity contribution < 1.29 is 42.3 Å². The number of aryl methyl sites for hydroxylation is 4. The Hall–Kier alpha value is -3.39. The molecule has 214 valence electrons. The molecule has 4 nitrogen and oxygen atoms in total. The van der Waals surface area contributed by atoms with Crippen molar-refractivity contribution in [2.45, 2.75) is 27.7 Å². The van der Waals surface area contributed by atoms with Gasteiger partial charge in [-0.2, -0.15) is 0 Å². The van der Waals surface area contributed by atoms with Gasteiger partial charge in [0, 0.05) is 44.3 Å². The van der Waals surface area contributed by atoms with Crippen LogP contribution in [-0.4, -0.2) is 19.9 Å². The Balaban J connectivity index is 0.000000177. The van der Waals surface area contributed by atoms with E-state index in [2.05, 4.69) is 68.5 Å². The van der Waals surface area contributed by atoms with Crippen LogP contribution in [0.25, 0.3) is 43.6 Å². The number of aromatic nitrogens is 4. The molecule has 0 amide bonds. The summed E-state index contributed by atoms with van der Waals surface area (Å²) in [7, 11) is -10.7. The van der Waals surface area contributed by atoms with Crippen LogP contribution in [-0.2, 0) is 17.1 Å². The third-order valence-corrected chi connectivity index (χ3v) is 5.60. The van der Waals surface area contributed by atoms with Crippen LogP contribution < -0.4 is 0 Å². The molecule has 6 aromatic rings. The zero-order valence-corrected chi connectivity index (χ0v) is 23.6. The summed E-state index contributed by atoms with van der Waals surface area (Å²) in [6.07, 6.45) is 0. The van der Waals surface area contributed by atoms with Crippen molar-refractivity contribution in [3.05, 3.63) is 95.6 Å². The van der Waals surface area contributed by atoms with Crippen LogP contribution in [0.3, 0.4) is 0 Å². The number of rotatable bonds is 0. The smallest absolute Gasteiger partial charge is 1.00 e. The van der Waals surface area contributed by atoms with E-state index < -0.39 is 7.81 Å². The molecule has 0 saturated heterocycles. The minimum absolute atomic E-state index is 0. The minimum Gasteiger partial charge on any atom is 1.00 e. The molecule has 12 heteroatoms. The van der Waals surface area contributed by atoms with Crippen molar-refractivity contribution in [3.8, 4) is 0 Å². The summed E-state index contributed by atoms with van der Waals surface area (Å²) < 4.78 is 59.2. The number of halogens is 6. The molecule has 0 fully saturated rings. The number of pyridine rings is 4. The number of hydrogen-bond acceptors (Lipinski definition) is 4. The van der Waals surface area contributed by atoms with Gasteiger partial charge in [-0.25, -0.2) is 0 Å². The summed E-state index contributed by atoms with van der Waals surface area (Å²) in [5, 5.41) is 4.60. The zero-order valence-electron chi connectivity index (χ0n) is 21.7. The third kappa shape index (κ3) is 8.81. The largest absolute Gasteiger partial charge is 1.00 e. The van der Waals surface area contributed by atoms with E-state index in [4.69, 9.17) is 0 Å². The van der Waals surface area contributed by atoms with Crippen LogP contribution in [0.5, 0.6) is 0 Å². The van der Waals surface area contributed by atoms with Gasteiger partial charge in [0.1, 0.15) is 0 Å². The molecule has 0 aliphatic heterocycles. The van der Waals surface area contributed by atoms with Crippen molar-refractivity contribution in [2.24, 2.45) is 0 Å². The van der Waals surface area contributed by atoms with E-state index >= 15 is 0 Å². The number of nitrogens with zero attached hydrogens (tertiary/aromatic N) is 4. The summed E-state index contributed by atoms with van der Waals surface area (Å²) in [4.78, 5) is 18.3. The average Bonchev–Trinajstić information content (AvgIpc) is 2.82. The molecule has 0 atom stereocenters. The van der Waals surface area contributed by atoms with E-state index in [1.165, 1.54) is 0 Å². The maximum Gasteiger partial charge on any atom is 1.00 e. The van der Waals surface area contributed by atoms with Crippen molar-refractivity contribution in [1.82, 2.24) is 19.9 Å². The Labute approximate surface area is 236 Å². The molecule has 0 spiro atoms. The predicted octanol–water partition coefficient (Wildman–Crippen LogP) is 10.2. The van der Waals surface area contributed by atoms with Gasteiger partial charge in [0.25, 0.3) is 0 Å². The van der Waals surface area contributed by atoms with E-state index in [9.17, 15) is 25.2 Å². The molecule has 40 heavy (non-hydrogen) atoms. The van der Waals surface area contributed by atoms with Gasteiger partial charge in [0.15, 0.2) is 0 Å². The molecule has 0 aliphatic carbocycles. The maximum absolute atomic E-state index is 10.7. The molecule has 4 aromatic heterocycles. The second-order valence-corrected chi connectivity index (χ2v) is 11.1. The SMILES string of the molecule is Cc1ccc2ccc3ccc(C)nc3c2n1.Cc1ccc2ccc3ccc(C)nc3c2n1.F[P-](F)(F)(F)(F)F.[Cu+]. The van der Waals surface area contributed by atoms with E-state index in [0.29, 0.717) is 0 Å². The predicted molar refractivity (Wildman–Crippen MR) is 147 cm³/mol. The Morgan fingerprint density at radius 3 is 0.700 bits per heavy atom. The monoisotopic (exact) mass is 624 g/mol. The van der Waals surface area contributed by atoms with Gasteiger partial charge >= 0.3 is 50.1 Å². The molecule has 6 rings (SSSR count). The molecule has 0 radical (unpaired) electrons. The topological polar surface area (TPSA) is 51.6 Å². The molecule has 0 unspecified atom stereocenters. The maximum atomic E-state index is 9.87. The van der Waals surface area contributed by atoms with Gasteiger partial charge in [0.2, 0.25) is 0 Å². The average molecular weight is 625 g/mol. The second kappa shape index (κ2) is 10.5. The Kier molecular flexibility index (Phi) is 8.21. The number of fused-ring (bicyclic) bond motifs is 6. The van der Waals surface area contributed by atoms with Gasteiger partial charge in [-0.3, -0.25) is 19.9 Å². The van der Waals surface area contributed by atoms with Gasteiger partial charge < -0.3 is 0 Å². The molecular weight excluding hydrogens is 601 g/mol. The van der Waals surface area contributed by atoms with Crippen LogP contribution in [0.4, 0.5) is 25.2 Å². The van der Waals surface area contributed by atoms with Crippen molar-refractivity contribution in [1.29, 1.82) is 0 Å². The van der Waals surface area contributed by atoms with Crippen molar-refractivity contribution in [3.63, 3.8) is 0 Å². The van der Waals surface area contributed by atoms with Crippen LogP contribution in [0.1, 0.15) is 22.8 Å². The van der Waals surface area contributed by atoms with Crippen molar-refractivity contribution in [2.75, 3.05) is 0 Å². The van der Waals surface area contributed by atoms with E-state index in [1.54, 1.807) is 0 Å². The quantitative estimate of drug-likeness (QED) is 0.0730. The van der Waals surface area contributed by atoms with Gasteiger partial charge in [-0.05, 0) is 52.0 Å². The van der Waals surface area contributed by atoms with Gasteiger partial charge in [-0.1, -0.05) is 48.5 Å². The van der Waals surface area contributed by atoms with Crippen LogP contribution in [0.2, 0.25) is 0 Å². The molecule has 0 bridgehead atoms. The van der Waals surface area contributed by atoms with Crippen LogP contribution in [0, 0.1) is 27.7 Å². The van der Waals surface area contributed by atoms with E-state index in [1.807, 2.05) is 52.0 Å². The molecule has 4 heterocycles. The summed E-state index contributed by atoms with van der Waals surface area (Å²) in [5.74, 6) is 0. The minimum atomic E-state index is -10.7. The first-order valence-electron chi connectivity index (χ1n) is 11.8. The third-order valence-electron chi connectivity index (χ3n) is 5.60. The summed E-state index contributed by atoms with van der Waals surface area (Å²) >= 11 is 0. The fourth-order valence-electron chi connectivity index (χ4n) is 3.93. The first-order chi connectivity index (χ1) is 17.9. The van der Waals surface area contributed by atoms with Gasteiger partial charge in [0.05, 0.1) is 22.1 Å². The number of benzene rings is 2. The first kappa shape index (κ1) is 31.1. The number of hydrogen-bond donors (Lipinski definition) is 0. The van der Waals surface area contributed by atoms with E-state index in [0.717, 1.165) is 66.4 Å². The molecule has 0 aliphatic rings. The molecule has 0 saturated carbocycles. The summed E-state index contributed by atoms with van der Waals surface area (Å²) in [6, 6.07) is 24.9. The Morgan fingerprint density at radius 1 is 0.375 bits per heavy atom. The molecule has 0 N–H and O–H groups in total. The molecular formula is C28H24CuF6N4P. The Bertz CT molecular complexity index is 1610. The summed E-state index contributed by atoms with van der Waals surface area (Å²) in [6.45, 7) is 8.03. The normalized spacial score (nSPS) is 12.9. The van der Waals surface area contributed by atoms with Crippen molar-refractivity contribution >= 4 is 51.4 Å². The van der Waals surface area contributed by atoms with E-state index in [-0.39, 0.29) is 17.1 Å². The van der Waals surface area contributed by atoms with Gasteiger partial charge in [-0.15, -0.1) is 0 Å². The fraction of sp³-hybridized carbons (Fsp3) is 0.143. The van der Waals surface area contributed by atoms with Crippen LogP contribution in [0.15, 0.2) is 72.8 Å². The first-order valence-corrected chi connectivity index (χ1v) is 13.8. The Morgan fingerprint density at radius 2 is 0.525 bits per heavy atom. The zero-order chi connectivity index (χ0) is 28.7. The van der Waals surface area contributed by atoms with Crippen LogP contribution >= 0.6 is 7.81 Å². The fourth-order valence-corrected chi connectivity index (χ4v) is 3.93.